The van der Waals surface area contributed by atoms with Crippen LogP contribution in [-0.2, 0) is 17.5 Å². The third kappa shape index (κ3) is 5.69. The third-order valence-corrected chi connectivity index (χ3v) is 5.50. The molecule has 0 saturated carbocycles. The molecule has 1 aromatic carbocycles. The maximum absolute atomic E-state index is 13.1. The fourth-order valence-corrected chi connectivity index (χ4v) is 3.89. The van der Waals surface area contributed by atoms with Gasteiger partial charge < -0.3 is 4.90 Å². The lowest BCUT2D eigenvalue weighted by atomic mass is 10.1. The Bertz CT molecular complexity index is 619. The smallest absolute Gasteiger partial charge is 0.342 e. The van der Waals surface area contributed by atoms with Crippen LogP contribution in [0.25, 0.3) is 0 Å². The van der Waals surface area contributed by atoms with Gasteiger partial charge in [0.1, 0.15) is 0 Å². The van der Waals surface area contributed by atoms with E-state index in [0.29, 0.717) is 44.8 Å². The number of amides is 1. The number of rotatable bonds is 4. The van der Waals surface area contributed by atoms with E-state index < -0.39 is 11.7 Å². The molecule has 27 heavy (non-hydrogen) atoms. The monoisotopic (exact) mass is 383 g/mol. The lowest BCUT2D eigenvalue weighted by Gasteiger charge is -2.35. The Hall–Kier alpha value is -1.60. The maximum Gasteiger partial charge on any atom is 0.416 e. The summed E-state index contributed by atoms with van der Waals surface area (Å²) in [6, 6.07) is 5.78. The average molecular weight is 383 g/mol. The zero-order valence-electron chi connectivity index (χ0n) is 15.7. The molecule has 7 heteroatoms. The molecule has 0 unspecified atom stereocenters. The van der Waals surface area contributed by atoms with Gasteiger partial charge in [0.05, 0.1) is 12.1 Å². The first-order valence-electron chi connectivity index (χ1n) is 9.81. The van der Waals surface area contributed by atoms with Crippen LogP contribution in [0.2, 0.25) is 0 Å². The largest absolute Gasteiger partial charge is 0.416 e. The van der Waals surface area contributed by atoms with Gasteiger partial charge in [-0.25, -0.2) is 0 Å². The number of halogens is 3. The number of hydrogen-bond acceptors (Lipinski definition) is 3. The number of carbonyl (C=O) groups excluding carboxylic acids is 1. The molecule has 2 saturated heterocycles. The molecule has 2 aliphatic rings. The van der Waals surface area contributed by atoms with Crippen LogP contribution < -0.4 is 0 Å². The van der Waals surface area contributed by atoms with Gasteiger partial charge in [0.25, 0.3) is 0 Å². The first-order chi connectivity index (χ1) is 12.9. The van der Waals surface area contributed by atoms with Gasteiger partial charge in [0.15, 0.2) is 0 Å². The van der Waals surface area contributed by atoms with E-state index in [-0.39, 0.29) is 5.91 Å². The van der Waals surface area contributed by atoms with Crippen molar-refractivity contribution in [2.75, 3.05) is 45.8 Å². The van der Waals surface area contributed by atoms with Crippen LogP contribution in [0, 0.1) is 0 Å². The number of benzene rings is 1. The molecule has 0 atom stereocenters. The predicted octanol–water partition coefficient (Wildman–Crippen LogP) is 3.23. The van der Waals surface area contributed by atoms with Crippen LogP contribution in [0.15, 0.2) is 24.3 Å². The van der Waals surface area contributed by atoms with Gasteiger partial charge in [-0.2, -0.15) is 13.2 Å². The summed E-state index contributed by atoms with van der Waals surface area (Å²) in [5, 5.41) is 0. The summed E-state index contributed by atoms with van der Waals surface area (Å²) in [4.78, 5) is 18.6. The molecule has 1 aromatic rings. The van der Waals surface area contributed by atoms with E-state index in [9.17, 15) is 18.0 Å². The van der Waals surface area contributed by atoms with Crippen molar-refractivity contribution in [1.29, 1.82) is 0 Å². The van der Waals surface area contributed by atoms with E-state index in [4.69, 9.17) is 0 Å². The highest BCUT2D eigenvalue weighted by atomic mass is 19.4. The Labute approximate surface area is 158 Å². The molecule has 0 N–H and O–H groups in total. The van der Waals surface area contributed by atoms with Crippen molar-refractivity contribution in [1.82, 2.24) is 14.7 Å². The predicted molar refractivity (Wildman–Crippen MR) is 98.2 cm³/mol. The zero-order chi connectivity index (χ0) is 19.3. The minimum Gasteiger partial charge on any atom is -0.342 e. The van der Waals surface area contributed by atoms with Gasteiger partial charge in [-0.3, -0.25) is 14.6 Å². The third-order valence-electron chi connectivity index (χ3n) is 5.50. The van der Waals surface area contributed by atoms with Crippen LogP contribution in [0.4, 0.5) is 13.2 Å². The van der Waals surface area contributed by atoms with E-state index in [2.05, 4.69) is 4.90 Å². The molecule has 0 spiro atoms. The maximum atomic E-state index is 13.1. The number of carbonyl (C=O) groups is 1. The molecule has 2 heterocycles. The second-order valence-corrected chi connectivity index (χ2v) is 7.50. The van der Waals surface area contributed by atoms with Crippen LogP contribution in [0.3, 0.4) is 0 Å². The van der Waals surface area contributed by atoms with Crippen molar-refractivity contribution in [2.45, 2.75) is 38.4 Å². The highest BCUT2D eigenvalue weighted by molar-refractivity contribution is 5.78. The topological polar surface area (TPSA) is 26.8 Å². The van der Waals surface area contributed by atoms with Gasteiger partial charge >= 0.3 is 6.18 Å². The molecular formula is C20H28F3N3O. The summed E-state index contributed by atoms with van der Waals surface area (Å²) in [6.45, 7) is 5.22. The first kappa shape index (κ1) is 20.1. The molecule has 0 aliphatic carbocycles. The summed E-state index contributed by atoms with van der Waals surface area (Å²) in [5.41, 5.74) is -0.233. The van der Waals surface area contributed by atoms with Crippen LogP contribution in [-0.4, -0.2) is 66.4 Å². The van der Waals surface area contributed by atoms with Gasteiger partial charge in [-0.15, -0.1) is 0 Å². The summed E-state index contributed by atoms with van der Waals surface area (Å²) in [6.07, 6.45) is 0.234. The van der Waals surface area contributed by atoms with Crippen molar-refractivity contribution >= 4 is 5.91 Å². The molecule has 2 fully saturated rings. The molecule has 2 aliphatic heterocycles. The zero-order valence-corrected chi connectivity index (χ0v) is 15.7. The van der Waals surface area contributed by atoms with Crippen molar-refractivity contribution in [2.24, 2.45) is 0 Å². The van der Waals surface area contributed by atoms with E-state index in [1.54, 1.807) is 12.1 Å². The van der Waals surface area contributed by atoms with Crippen molar-refractivity contribution in [3.05, 3.63) is 35.4 Å². The number of piperazine rings is 1. The van der Waals surface area contributed by atoms with Crippen LogP contribution in [0.1, 0.15) is 36.8 Å². The second kappa shape index (κ2) is 9.06. The quantitative estimate of drug-likeness (QED) is 0.799. The summed E-state index contributed by atoms with van der Waals surface area (Å²) in [5.74, 6) is 0.188. The van der Waals surface area contributed by atoms with Gasteiger partial charge in [-0.05, 0) is 24.5 Å². The number of hydrogen-bond donors (Lipinski definition) is 0. The fraction of sp³-hybridized carbons (Fsp3) is 0.650. The summed E-state index contributed by atoms with van der Waals surface area (Å²) in [7, 11) is 0. The normalized spacial score (nSPS) is 20.5. The van der Waals surface area contributed by atoms with E-state index in [1.165, 1.54) is 18.9 Å². The Morgan fingerprint density at radius 2 is 1.44 bits per heavy atom. The highest BCUT2D eigenvalue weighted by Gasteiger charge is 2.33. The van der Waals surface area contributed by atoms with Crippen molar-refractivity contribution < 1.29 is 18.0 Å². The Morgan fingerprint density at radius 3 is 2.07 bits per heavy atom. The summed E-state index contributed by atoms with van der Waals surface area (Å²) < 4.78 is 39.4. The molecule has 150 valence electrons. The average Bonchev–Trinajstić information content (AvgIpc) is 2.92. The standard InChI is InChI=1S/C20H28F3N3O/c21-20(22,23)18-8-4-3-7-17(18)15-24-11-13-25(14-12-24)16-19(27)26-9-5-1-2-6-10-26/h3-4,7-8H,1-2,5-6,9-16H2. The molecule has 4 nitrogen and oxygen atoms in total. The SMILES string of the molecule is O=C(CN1CCN(Cc2ccccc2C(F)(F)F)CC1)N1CCCCCC1. The minimum atomic E-state index is -4.32. The Kier molecular flexibility index (Phi) is 6.76. The Balaban J connectivity index is 1.49. The highest BCUT2D eigenvalue weighted by Crippen LogP contribution is 2.32. The van der Waals surface area contributed by atoms with Crippen LogP contribution >= 0.6 is 0 Å². The molecule has 3 rings (SSSR count). The molecule has 1 amide bonds. The van der Waals surface area contributed by atoms with Gasteiger partial charge in [-0.1, -0.05) is 31.0 Å². The van der Waals surface area contributed by atoms with Crippen LogP contribution in [0.5, 0.6) is 0 Å². The van der Waals surface area contributed by atoms with Gasteiger partial charge in [0.2, 0.25) is 5.91 Å². The van der Waals surface area contributed by atoms with E-state index in [1.807, 2.05) is 9.80 Å². The number of nitrogens with zero attached hydrogens (tertiary/aromatic N) is 3. The lowest BCUT2D eigenvalue weighted by Crippen LogP contribution is -2.50. The first-order valence-corrected chi connectivity index (χ1v) is 9.81. The molecule has 0 bridgehead atoms. The summed E-state index contributed by atoms with van der Waals surface area (Å²) >= 11 is 0. The molecular weight excluding hydrogens is 355 g/mol. The molecule has 0 aromatic heterocycles. The lowest BCUT2D eigenvalue weighted by molar-refractivity contribution is -0.138. The van der Waals surface area contributed by atoms with E-state index in [0.717, 1.165) is 32.0 Å². The van der Waals surface area contributed by atoms with Crippen molar-refractivity contribution in [3.8, 4) is 0 Å². The fourth-order valence-electron chi connectivity index (χ4n) is 3.89. The van der Waals surface area contributed by atoms with Crippen molar-refractivity contribution in [3.63, 3.8) is 0 Å². The number of alkyl halides is 3. The molecule has 0 radical (unpaired) electrons. The second-order valence-electron chi connectivity index (χ2n) is 7.50. The number of likely N-dealkylation sites (tertiary alicyclic amines) is 1. The van der Waals surface area contributed by atoms with Gasteiger partial charge in [0, 0.05) is 45.8 Å². The Morgan fingerprint density at radius 1 is 0.852 bits per heavy atom. The van der Waals surface area contributed by atoms with E-state index >= 15 is 0 Å². The minimum absolute atomic E-state index is 0.188.